The van der Waals surface area contributed by atoms with Crippen LogP contribution in [0.15, 0.2) is 192 Å². The Bertz CT molecular complexity index is 3320. The summed E-state index contributed by atoms with van der Waals surface area (Å²) >= 11 is 1.83. The summed E-state index contributed by atoms with van der Waals surface area (Å²) < 4.78 is 4.94. The van der Waals surface area contributed by atoms with Gasteiger partial charge in [0.25, 0.3) is 0 Å². The minimum atomic E-state index is -0.413. The molecule has 2 aromatic heterocycles. The Balaban J connectivity index is 1.04. The van der Waals surface area contributed by atoms with E-state index in [2.05, 4.69) is 194 Å². The van der Waals surface area contributed by atoms with E-state index in [1.807, 2.05) is 23.5 Å². The maximum atomic E-state index is 5.27. The van der Waals surface area contributed by atoms with Crippen molar-refractivity contribution in [2.24, 2.45) is 9.98 Å². The molecule has 12 rings (SSSR count). The van der Waals surface area contributed by atoms with E-state index in [1.54, 1.807) is 0 Å². The first-order valence-corrected chi connectivity index (χ1v) is 21.1. The number of nitrogens with one attached hydrogen (secondary N) is 1. The SMILES string of the molecule is CC1(C)c2ccccc2-c2cc3c4cc(-c5ccc6sc7cccc(C8N=C(c9ccccc9)NC(c9ccccc9)=N8)c7c6c5)ccc4n(-c4ccccc4)c3cc21. The van der Waals surface area contributed by atoms with Crippen LogP contribution < -0.4 is 5.32 Å². The molecule has 280 valence electrons. The fourth-order valence-electron chi connectivity index (χ4n) is 9.57. The molecule has 4 nitrogen and oxygen atoms in total. The van der Waals surface area contributed by atoms with Crippen molar-refractivity contribution in [3.63, 3.8) is 0 Å². The summed E-state index contributed by atoms with van der Waals surface area (Å²) in [6.07, 6.45) is -0.413. The zero-order valence-electron chi connectivity index (χ0n) is 32.6. The number of hydrogen-bond acceptors (Lipinski definition) is 4. The van der Waals surface area contributed by atoms with Gasteiger partial charge in [-0.1, -0.05) is 141 Å². The third-order valence-electron chi connectivity index (χ3n) is 12.5. The van der Waals surface area contributed by atoms with Crippen molar-refractivity contribution in [3.8, 4) is 27.9 Å². The quantitative estimate of drug-likeness (QED) is 0.186. The van der Waals surface area contributed by atoms with Crippen LogP contribution in [-0.4, -0.2) is 16.2 Å². The normalized spacial score (nSPS) is 14.7. The summed E-state index contributed by atoms with van der Waals surface area (Å²) in [6.45, 7) is 4.72. The first kappa shape index (κ1) is 34.0. The Morgan fingerprint density at radius 1 is 0.492 bits per heavy atom. The molecule has 0 saturated heterocycles. The molecule has 0 spiro atoms. The van der Waals surface area contributed by atoms with Crippen molar-refractivity contribution >= 4 is 65.0 Å². The van der Waals surface area contributed by atoms with Gasteiger partial charge in [0.2, 0.25) is 0 Å². The zero-order valence-corrected chi connectivity index (χ0v) is 33.5. The Morgan fingerprint density at radius 2 is 1.12 bits per heavy atom. The zero-order chi connectivity index (χ0) is 39.2. The molecule has 5 heteroatoms. The van der Waals surface area contributed by atoms with Crippen molar-refractivity contribution in [1.82, 2.24) is 9.88 Å². The smallest absolute Gasteiger partial charge is 0.170 e. The van der Waals surface area contributed by atoms with Crippen molar-refractivity contribution in [2.45, 2.75) is 25.4 Å². The summed E-state index contributed by atoms with van der Waals surface area (Å²) in [7, 11) is 0. The number of aromatic nitrogens is 1. The fourth-order valence-corrected chi connectivity index (χ4v) is 10.7. The number of rotatable bonds is 5. The van der Waals surface area contributed by atoms with E-state index in [0.717, 1.165) is 28.4 Å². The number of para-hydroxylation sites is 1. The highest BCUT2D eigenvalue weighted by atomic mass is 32.1. The Labute approximate surface area is 346 Å². The van der Waals surface area contributed by atoms with Crippen LogP contribution in [0.5, 0.6) is 0 Å². The molecular formula is C54H38N4S. The van der Waals surface area contributed by atoms with E-state index in [4.69, 9.17) is 9.98 Å². The van der Waals surface area contributed by atoms with Crippen LogP contribution in [0, 0.1) is 0 Å². The minimum absolute atomic E-state index is 0.0855. The van der Waals surface area contributed by atoms with Gasteiger partial charge in [0, 0.05) is 58.7 Å². The van der Waals surface area contributed by atoms with Crippen molar-refractivity contribution in [1.29, 1.82) is 0 Å². The number of thiophene rings is 1. The molecule has 8 aromatic carbocycles. The van der Waals surface area contributed by atoms with Crippen LogP contribution in [-0.2, 0) is 5.41 Å². The topological polar surface area (TPSA) is 41.7 Å². The molecule has 0 atom stereocenters. The number of nitrogens with zero attached hydrogens (tertiary/aromatic N) is 3. The Kier molecular flexibility index (Phi) is 7.47. The highest BCUT2D eigenvalue weighted by molar-refractivity contribution is 7.25. The number of hydrogen-bond donors (Lipinski definition) is 1. The van der Waals surface area contributed by atoms with Gasteiger partial charge in [0.05, 0.1) is 11.0 Å². The first-order valence-electron chi connectivity index (χ1n) is 20.3. The molecule has 0 bridgehead atoms. The van der Waals surface area contributed by atoms with Crippen LogP contribution in [0.1, 0.15) is 47.8 Å². The molecule has 1 aliphatic carbocycles. The lowest BCUT2D eigenvalue weighted by Crippen LogP contribution is -2.36. The highest BCUT2D eigenvalue weighted by Gasteiger charge is 2.36. The van der Waals surface area contributed by atoms with Crippen LogP contribution in [0.25, 0.3) is 69.9 Å². The van der Waals surface area contributed by atoms with Crippen molar-refractivity contribution in [2.75, 3.05) is 0 Å². The molecule has 1 aliphatic heterocycles. The van der Waals surface area contributed by atoms with E-state index in [1.165, 1.54) is 81.0 Å². The number of fused-ring (bicyclic) bond motifs is 9. The molecule has 0 amide bonds. The minimum Gasteiger partial charge on any atom is -0.324 e. The lowest BCUT2D eigenvalue weighted by atomic mass is 9.82. The van der Waals surface area contributed by atoms with Crippen LogP contribution in [0.4, 0.5) is 0 Å². The summed E-state index contributed by atoms with van der Waals surface area (Å²) in [5, 5.41) is 8.52. The predicted octanol–water partition coefficient (Wildman–Crippen LogP) is 13.6. The van der Waals surface area contributed by atoms with Gasteiger partial charge in [-0.25, -0.2) is 9.98 Å². The van der Waals surface area contributed by atoms with Gasteiger partial charge in [-0.2, -0.15) is 0 Å². The van der Waals surface area contributed by atoms with Gasteiger partial charge in [0.1, 0.15) is 11.7 Å². The average Bonchev–Trinajstić information content (AvgIpc) is 3.91. The molecule has 59 heavy (non-hydrogen) atoms. The molecule has 0 radical (unpaired) electrons. The van der Waals surface area contributed by atoms with Gasteiger partial charge < -0.3 is 9.88 Å². The lowest BCUT2D eigenvalue weighted by molar-refractivity contribution is 0.661. The van der Waals surface area contributed by atoms with Crippen molar-refractivity contribution < 1.29 is 0 Å². The highest BCUT2D eigenvalue weighted by Crippen LogP contribution is 2.51. The second-order valence-electron chi connectivity index (χ2n) is 16.2. The van der Waals surface area contributed by atoms with E-state index in [-0.39, 0.29) is 5.41 Å². The Hall–Kier alpha value is -7.08. The van der Waals surface area contributed by atoms with E-state index in [0.29, 0.717) is 0 Å². The monoisotopic (exact) mass is 774 g/mol. The standard InChI is InChI=1S/C54H38N4S/c1-54(2)44-23-13-12-21-38(44)40-31-42-41-29-35(25-27-46(41)58(47(42)32-45(40)54)37-19-10-5-11-20-37)36-26-28-48-43(30-36)50-39(22-14-24-49(50)59-48)53-56-51(33-15-6-3-7-16-33)55-52(57-53)34-17-8-4-9-18-34/h3-32,53H,1-2H3,(H,55,56,57). The van der Waals surface area contributed by atoms with Crippen molar-refractivity contribution in [3.05, 3.63) is 210 Å². The number of amidine groups is 2. The lowest BCUT2D eigenvalue weighted by Gasteiger charge is -2.23. The van der Waals surface area contributed by atoms with Crippen LogP contribution >= 0.6 is 11.3 Å². The summed E-state index contributed by atoms with van der Waals surface area (Å²) in [5.41, 5.74) is 14.5. The van der Waals surface area contributed by atoms with E-state index >= 15 is 0 Å². The van der Waals surface area contributed by atoms with Gasteiger partial charge in [0.15, 0.2) is 6.17 Å². The third kappa shape index (κ3) is 5.28. The molecule has 0 saturated carbocycles. The maximum absolute atomic E-state index is 5.27. The molecule has 1 N–H and O–H groups in total. The molecule has 0 unspecified atom stereocenters. The third-order valence-corrected chi connectivity index (χ3v) is 13.6. The maximum Gasteiger partial charge on any atom is 0.170 e. The number of aliphatic imine (C=N–C) groups is 2. The van der Waals surface area contributed by atoms with Gasteiger partial charge in [-0.15, -0.1) is 11.3 Å². The van der Waals surface area contributed by atoms with E-state index < -0.39 is 6.17 Å². The second-order valence-corrected chi connectivity index (χ2v) is 17.3. The summed E-state index contributed by atoms with van der Waals surface area (Å²) in [4.78, 5) is 10.5. The van der Waals surface area contributed by atoms with Crippen LogP contribution in [0.2, 0.25) is 0 Å². The summed E-state index contributed by atoms with van der Waals surface area (Å²) in [6, 6.07) is 65.9. The van der Waals surface area contributed by atoms with Gasteiger partial charge in [-0.3, -0.25) is 0 Å². The second kappa shape index (κ2) is 13.0. The molecule has 0 fully saturated rings. The largest absolute Gasteiger partial charge is 0.324 e. The van der Waals surface area contributed by atoms with Gasteiger partial charge in [-0.05, 0) is 88.0 Å². The fraction of sp³-hybridized carbons (Fsp3) is 0.0741. The summed E-state index contributed by atoms with van der Waals surface area (Å²) in [5.74, 6) is 1.64. The number of benzene rings is 8. The van der Waals surface area contributed by atoms with E-state index in [9.17, 15) is 0 Å². The van der Waals surface area contributed by atoms with Gasteiger partial charge >= 0.3 is 0 Å². The molecular weight excluding hydrogens is 737 g/mol. The van der Waals surface area contributed by atoms with Crippen LogP contribution in [0.3, 0.4) is 0 Å². The average molecular weight is 775 g/mol. The molecule has 3 heterocycles. The molecule has 10 aromatic rings. The first-order chi connectivity index (χ1) is 29.0. The Morgan fingerprint density at radius 3 is 1.85 bits per heavy atom. The predicted molar refractivity (Wildman–Crippen MR) is 249 cm³/mol. The molecule has 2 aliphatic rings.